The van der Waals surface area contributed by atoms with Gasteiger partial charge >= 0.3 is 0 Å². The number of aromatic nitrogens is 1. The lowest BCUT2D eigenvalue weighted by Crippen LogP contribution is -2.48. The number of amides is 1. The lowest BCUT2D eigenvalue weighted by molar-refractivity contribution is -0.133. The number of hydrogen-bond donors (Lipinski definition) is 1. The number of nitrogens with zero attached hydrogens (tertiary/aromatic N) is 3. The molecule has 1 N–H and O–H groups in total. The maximum absolute atomic E-state index is 12.6. The molecule has 1 fully saturated rings. The van der Waals surface area contributed by atoms with Gasteiger partial charge in [0.1, 0.15) is 5.76 Å². The van der Waals surface area contributed by atoms with Crippen LogP contribution in [0.3, 0.4) is 0 Å². The van der Waals surface area contributed by atoms with Gasteiger partial charge in [0.2, 0.25) is 15.9 Å². The van der Waals surface area contributed by atoms with Gasteiger partial charge in [-0.15, -0.1) is 0 Å². The van der Waals surface area contributed by atoms with E-state index in [1.54, 1.807) is 24.3 Å². The molecular formula is C20H28N4O4S. The average molecular weight is 421 g/mol. The summed E-state index contributed by atoms with van der Waals surface area (Å²) in [4.78, 5) is 17.0. The first-order valence-electron chi connectivity index (χ1n) is 9.74. The third kappa shape index (κ3) is 5.23. The average Bonchev–Trinajstić information content (AvgIpc) is 3.05. The van der Waals surface area contributed by atoms with Gasteiger partial charge in [-0.05, 0) is 45.0 Å². The molecule has 0 spiro atoms. The minimum Gasteiger partial charge on any atom is -0.361 e. The van der Waals surface area contributed by atoms with Crippen molar-refractivity contribution in [1.29, 1.82) is 0 Å². The van der Waals surface area contributed by atoms with Gasteiger partial charge in [0.05, 0.1) is 10.6 Å². The Hall–Kier alpha value is -2.23. The molecule has 1 aromatic carbocycles. The number of piperazine rings is 1. The highest BCUT2D eigenvalue weighted by atomic mass is 32.2. The summed E-state index contributed by atoms with van der Waals surface area (Å²) in [5, 5.41) is 4.00. The summed E-state index contributed by atoms with van der Waals surface area (Å²) >= 11 is 0. The fourth-order valence-corrected chi connectivity index (χ4v) is 4.20. The van der Waals surface area contributed by atoms with Crippen molar-refractivity contribution >= 4 is 15.9 Å². The molecule has 2 aromatic rings. The molecule has 2 heterocycles. The molecule has 1 aliphatic rings. The van der Waals surface area contributed by atoms with Gasteiger partial charge in [-0.3, -0.25) is 9.69 Å². The fraction of sp³-hybridized carbons (Fsp3) is 0.500. The zero-order valence-corrected chi connectivity index (χ0v) is 18.0. The summed E-state index contributed by atoms with van der Waals surface area (Å²) in [5.41, 5.74) is 3.01. The van der Waals surface area contributed by atoms with Gasteiger partial charge in [-0.25, -0.2) is 13.1 Å². The third-order valence-electron chi connectivity index (χ3n) is 5.42. The van der Waals surface area contributed by atoms with Crippen LogP contribution in [0.1, 0.15) is 29.0 Å². The van der Waals surface area contributed by atoms with Crippen LogP contribution in [-0.4, -0.2) is 62.5 Å². The van der Waals surface area contributed by atoms with Gasteiger partial charge in [0.25, 0.3) is 0 Å². The van der Waals surface area contributed by atoms with E-state index in [1.807, 2.05) is 18.7 Å². The Kier molecular flexibility index (Phi) is 6.71. The lowest BCUT2D eigenvalue weighted by atomic mass is 10.1. The zero-order valence-electron chi connectivity index (χ0n) is 17.1. The number of hydrogen-bond acceptors (Lipinski definition) is 6. The van der Waals surface area contributed by atoms with E-state index in [-0.39, 0.29) is 10.8 Å². The van der Waals surface area contributed by atoms with Crippen molar-refractivity contribution in [3.05, 3.63) is 46.8 Å². The lowest BCUT2D eigenvalue weighted by Gasteiger charge is -2.34. The molecule has 0 radical (unpaired) electrons. The monoisotopic (exact) mass is 420 g/mol. The summed E-state index contributed by atoms with van der Waals surface area (Å²) in [6.45, 7) is 7.75. The van der Waals surface area contributed by atoms with Crippen molar-refractivity contribution < 1.29 is 17.7 Å². The van der Waals surface area contributed by atoms with Crippen LogP contribution in [0.4, 0.5) is 0 Å². The number of carbonyl (C=O) groups is 1. The standard InChI is InChI=1S/C20H28N4O4S/c1-15-19(16(2)28-22-15)14-23-10-12-24(13-11-23)20(25)9-6-17-4-7-18(8-5-17)29(26,27)21-3/h4-5,7-8,21H,6,9-14H2,1-3H3. The third-order valence-corrected chi connectivity index (χ3v) is 6.85. The summed E-state index contributed by atoms with van der Waals surface area (Å²) < 4.78 is 31.0. The number of carbonyl (C=O) groups excluding carboxylic acids is 1. The minimum absolute atomic E-state index is 0.133. The second-order valence-corrected chi connectivity index (χ2v) is 9.20. The number of sulfonamides is 1. The molecule has 8 nitrogen and oxygen atoms in total. The van der Waals surface area contributed by atoms with Crippen LogP contribution in [0, 0.1) is 13.8 Å². The van der Waals surface area contributed by atoms with Gasteiger partial charge in [-0.1, -0.05) is 17.3 Å². The van der Waals surface area contributed by atoms with Crippen LogP contribution in [-0.2, 0) is 27.8 Å². The first-order valence-corrected chi connectivity index (χ1v) is 11.2. The maximum atomic E-state index is 12.6. The first-order chi connectivity index (χ1) is 13.8. The largest absolute Gasteiger partial charge is 0.361 e. The molecule has 158 valence electrons. The highest BCUT2D eigenvalue weighted by Crippen LogP contribution is 2.17. The molecular weight excluding hydrogens is 392 g/mol. The zero-order chi connectivity index (χ0) is 21.0. The van der Waals surface area contributed by atoms with E-state index < -0.39 is 10.0 Å². The summed E-state index contributed by atoms with van der Waals surface area (Å²) in [6.07, 6.45) is 1.01. The van der Waals surface area contributed by atoms with Crippen molar-refractivity contribution in [3.63, 3.8) is 0 Å². The maximum Gasteiger partial charge on any atom is 0.240 e. The van der Waals surface area contributed by atoms with E-state index >= 15 is 0 Å². The van der Waals surface area contributed by atoms with Gasteiger partial charge < -0.3 is 9.42 Å². The Labute approximate surface area is 171 Å². The minimum atomic E-state index is -3.43. The van der Waals surface area contributed by atoms with Crippen LogP contribution in [0.5, 0.6) is 0 Å². The summed E-state index contributed by atoms with van der Waals surface area (Å²) in [7, 11) is -2.05. The van der Waals surface area contributed by atoms with Crippen molar-refractivity contribution in [1.82, 2.24) is 19.7 Å². The molecule has 29 heavy (non-hydrogen) atoms. The topological polar surface area (TPSA) is 95.8 Å². The van der Waals surface area contributed by atoms with Gasteiger partial charge in [0.15, 0.2) is 0 Å². The fourth-order valence-electron chi connectivity index (χ4n) is 3.47. The van der Waals surface area contributed by atoms with Crippen molar-refractivity contribution in [2.45, 2.75) is 38.1 Å². The Morgan fingerprint density at radius 3 is 2.34 bits per heavy atom. The summed E-state index contributed by atoms with van der Waals surface area (Å²) in [6, 6.07) is 6.66. The molecule has 0 bridgehead atoms. The predicted molar refractivity (Wildman–Crippen MR) is 109 cm³/mol. The molecule has 1 aromatic heterocycles. The SMILES string of the molecule is CNS(=O)(=O)c1ccc(CCC(=O)N2CCN(Cc3c(C)noc3C)CC2)cc1. The molecule has 0 atom stereocenters. The van der Waals surface area contributed by atoms with E-state index in [0.717, 1.165) is 42.2 Å². The Balaban J connectivity index is 1.46. The smallest absolute Gasteiger partial charge is 0.240 e. The Morgan fingerprint density at radius 2 is 1.79 bits per heavy atom. The van der Waals surface area contributed by atoms with Crippen molar-refractivity contribution in [3.8, 4) is 0 Å². The van der Waals surface area contributed by atoms with E-state index in [0.29, 0.717) is 25.9 Å². The second kappa shape index (κ2) is 9.06. The first kappa shape index (κ1) is 21.5. The number of aryl methyl sites for hydroxylation is 3. The molecule has 1 saturated heterocycles. The molecule has 1 aliphatic heterocycles. The summed E-state index contributed by atoms with van der Waals surface area (Å²) in [5.74, 6) is 0.989. The molecule has 0 aliphatic carbocycles. The van der Waals surface area contributed by atoms with E-state index in [1.165, 1.54) is 7.05 Å². The second-order valence-electron chi connectivity index (χ2n) is 7.31. The molecule has 1 amide bonds. The molecule has 0 saturated carbocycles. The van der Waals surface area contributed by atoms with Gasteiger partial charge in [-0.2, -0.15) is 0 Å². The van der Waals surface area contributed by atoms with Crippen LogP contribution < -0.4 is 4.72 Å². The Bertz CT molecular complexity index is 926. The molecule has 3 rings (SSSR count). The number of benzene rings is 1. The quantitative estimate of drug-likeness (QED) is 0.729. The predicted octanol–water partition coefficient (Wildman–Crippen LogP) is 1.48. The van der Waals surface area contributed by atoms with E-state index in [2.05, 4.69) is 14.8 Å². The molecule has 9 heteroatoms. The van der Waals surface area contributed by atoms with E-state index in [9.17, 15) is 13.2 Å². The highest BCUT2D eigenvalue weighted by Gasteiger charge is 2.22. The van der Waals surface area contributed by atoms with Crippen molar-refractivity contribution in [2.24, 2.45) is 0 Å². The molecule has 0 unspecified atom stereocenters. The number of nitrogens with one attached hydrogen (secondary N) is 1. The van der Waals surface area contributed by atoms with E-state index in [4.69, 9.17) is 4.52 Å². The van der Waals surface area contributed by atoms with Crippen LogP contribution in [0.15, 0.2) is 33.7 Å². The van der Waals surface area contributed by atoms with Gasteiger partial charge in [0, 0.05) is 44.7 Å². The Morgan fingerprint density at radius 1 is 1.14 bits per heavy atom. The normalized spacial score (nSPS) is 15.6. The van der Waals surface area contributed by atoms with Crippen LogP contribution in [0.2, 0.25) is 0 Å². The van der Waals surface area contributed by atoms with Crippen molar-refractivity contribution in [2.75, 3.05) is 33.2 Å². The highest BCUT2D eigenvalue weighted by molar-refractivity contribution is 7.89. The van der Waals surface area contributed by atoms with Crippen LogP contribution >= 0.6 is 0 Å². The number of rotatable bonds is 7. The van der Waals surface area contributed by atoms with Crippen LogP contribution in [0.25, 0.3) is 0 Å².